The van der Waals surface area contributed by atoms with E-state index >= 15 is 0 Å². The maximum absolute atomic E-state index is 13.5. The molecule has 0 spiro atoms. The minimum Gasteiger partial charge on any atom is -0.498 e. The molecule has 0 unspecified atom stereocenters. The highest BCUT2D eigenvalue weighted by molar-refractivity contribution is 8.04. The molecule has 1 rings (SSSR count). The van der Waals surface area contributed by atoms with Gasteiger partial charge in [0.15, 0.2) is 0 Å². The van der Waals surface area contributed by atoms with Crippen molar-refractivity contribution in [1.82, 2.24) is 0 Å². The second kappa shape index (κ2) is 9.13. The second-order valence-electron chi connectivity index (χ2n) is 5.13. The lowest BCUT2D eigenvalue weighted by molar-refractivity contribution is -0.382. The summed E-state index contributed by atoms with van der Waals surface area (Å²) in [6.45, 7) is 3.45. The molecular weight excluding hydrogens is 483 g/mol. The van der Waals surface area contributed by atoms with Crippen molar-refractivity contribution in [3.63, 3.8) is 0 Å². The number of rotatable bonds is 11. The lowest BCUT2D eigenvalue weighted by Gasteiger charge is -2.32. The molecule has 0 aromatic heterocycles. The summed E-state index contributed by atoms with van der Waals surface area (Å²) in [6, 6.07) is 4.34. The lowest BCUT2D eigenvalue weighted by Crippen LogP contribution is -2.63. The van der Waals surface area contributed by atoms with Gasteiger partial charge < -0.3 is 9.47 Å². The fraction of sp³-hybridized carbons (Fsp3) is 0.429. The predicted octanol–water partition coefficient (Wildman–Crippen LogP) is 5.00. The molecule has 5 nitrogen and oxygen atoms in total. The zero-order valence-corrected chi connectivity index (χ0v) is 15.9. The number of hydrogen-bond donors (Lipinski definition) is 0. The van der Waals surface area contributed by atoms with E-state index in [4.69, 9.17) is 9.47 Å². The molecule has 172 valence electrons. The van der Waals surface area contributed by atoms with Crippen LogP contribution in [0.15, 0.2) is 42.0 Å². The van der Waals surface area contributed by atoms with Crippen molar-refractivity contribution in [3.8, 4) is 5.75 Å². The van der Waals surface area contributed by atoms with Crippen LogP contribution in [0, 0.1) is 0 Å². The van der Waals surface area contributed by atoms with Gasteiger partial charge in [0.25, 0.3) is 0 Å². The van der Waals surface area contributed by atoms with Gasteiger partial charge in [-0.2, -0.15) is 51.6 Å². The maximum atomic E-state index is 13.5. The Morgan fingerprint density at radius 3 is 1.90 bits per heavy atom. The minimum atomic E-state index is -7.36. The summed E-state index contributed by atoms with van der Waals surface area (Å²) < 4.78 is 151. The molecule has 0 amide bonds. The first kappa shape index (κ1) is 26.2. The molecule has 0 N–H and O–H groups in total. The van der Waals surface area contributed by atoms with Crippen LogP contribution in [0.5, 0.6) is 5.75 Å². The number of ether oxygens (including phenoxy) is 2. The number of halogens is 9. The molecule has 0 heterocycles. The third-order valence-electron chi connectivity index (χ3n) is 3.06. The van der Waals surface area contributed by atoms with Gasteiger partial charge in [0.1, 0.15) is 19.0 Å². The molecule has 1 aromatic rings. The van der Waals surface area contributed by atoms with Crippen LogP contribution < -0.4 is 4.74 Å². The van der Waals surface area contributed by atoms with Gasteiger partial charge in [0.2, 0.25) is 0 Å². The standard InChI is InChI=1S/C14H11F9O5S2/c1-2-26-7-8-27-9-3-5-10(6-4-9)29-28-30(24,25)14(22,23)12(17,18)11(15,16)13(19,20)21/h2-6H,1,7-8H2. The molecule has 30 heavy (non-hydrogen) atoms. The van der Waals surface area contributed by atoms with Crippen molar-refractivity contribution in [2.75, 3.05) is 13.2 Å². The van der Waals surface area contributed by atoms with Crippen LogP contribution in [-0.4, -0.2) is 44.9 Å². The Morgan fingerprint density at radius 2 is 1.43 bits per heavy atom. The van der Waals surface area contributed by atoms with Crippen LogP contribution >= 0.6 is 12.0 Å². The van der Waals surface area contributed by atoms with Gasteiger partial charge in [-0.3, -0.25) is 0 Å². The topological polar surface area (TPSA) is 61.8 Å². The molecule has 0 fully saturated rings. The van der Waals surface area contributed by atoms with Crippen LogP contribution in [0.25, 0.3) is 0 Å². The van der Waals surface area contributed by atoms with Crippen LogP contribution in [0.3, 0.4) is 0 Å². The van der Waals surface area contributed by atoms with Crippen molar-refractivity contribution in [1.29, 1.82) is 0 Å². The monoisotopic (exact) mass is 494 g/mol. The van der Waals surface area contributed by atoms with Gasteiger partial charge in [-0.05, 0) is 24.3 Å². The second-order valence-corrected chi connectivity index (χ2v) is 7.73. The molecule has 0 radical (unpaired) electrons. The lowest BCUT2D eigenvalue weighted by atomic mass is 10.1. The smallest absolute Gasteiger partial charge is 0.460 e. The van der Waals surface area contributed by atoms with Crippen molar-refractivity contribution in [2.24, 2.45) is 0 Å². The minimum absolute atomic E-state index is 0.0537. The zero-order chi connectivity index (χ0) is 23.4. The molecule has 0 aliphatic heterocycles. The molecule has 0 atom stereocenters. The summed E-state index contributed by atoms with van der Waals surface area (Å²) in [7, 11) is -6.95. The highest BCUT2D eigenvalue weighted by atomic mass is 32.3. The first-order valence-electron chi connectivity index (χ1n) is 7.27. The first-order chi connectivity index (χ1) is 13.5. The van der Waals surface area contributed by atoms with E-state index in [2.05, 4.69) is 10.2 Å². The average molecular weight is 494 g/mol. The Bertz CT molecular complexity index is 823. The summed E-state index contributed by atoms with van der Waals surface area (Å²) in [5.41, 5.74) is 0. The van der Waals surface area contributed by atoms with E-state index in [0.29, 0.717) is 0 Å². The maximum Gasteiger partial charge on any atom is 0.460 e. The molecular formula is C14H11F9O5S2. The Balaban J connectivity index is 2.91. The van der Waals surface area contributed by atoms with Crippen molar-refractivity contribution >= 4 is 22.2 Å². The van der Waals surface area contributed by atoms with E-state index in [1.807, 2.05) is 0 Å². The highest BCUT2D eigenvalue weighted by Gasteiger charge is 2.85. The summed E-state index contributed by atoms with van der Waals surface area (Å²) in [4.78, 5) is -0.310. The molecule has 0 saturated carbocycles. The molecule has 0 aliphatic carbocycles. The Morgan fingerprint density at radius 1 is 0.900 bits per heavy atom. The molecule has 0 bridgehead atoms. The molecule has 0 saturated heterocycles. The average Bonchev–Trinajstić information content (AvgIpc) is 2.63. The quantitative estimate of drug-likeness (QED) is 0.187. The normalized spacial score (nSPS) is 13.8. The fourth-order valence-corrected chi connectivity index (χ4v) is 3.23. The zero-order valence-electron chi connectivity index (χ0n) is 14.3. The van der Waals surface area contributed by atoms with Gasteiger partial charge in [-0.1, -0.05) is 6.58 Å². The third kappa shape index (κ3) is 5.26. The summed E-state index contributed by atoms with van der Waals surface area (Å²) >= 11 is -0.492. The Kier molecular flexibility index (Phi) is 7.98. The van der Waals surface area contributed by atoms with E-state index in [1.165, 1.54) is 0 Å². The Hall–Kier alpha value is -1.81. The Labute approximate surface area is 168 Å². The number of hydrogen-bond acceptors (Lipinski definition) is 6. The molecule has 0 aliphatic rings. The first-order valence-corrected chi connectivity index (χ1v) is 9.42. The third-order valence-corrected chi connectivity index (χ3v) is 5.40. The van der Waals surface area contributed by atoms with Crippen LogP contribution in [0.1, 0.15) is 0 Å². The van der Waals surface area contributed by atoms with Crippen molar-refractivity contribution in [2.45, 2.75) is 28.2 Å². The summed E-state index contributed by atoms with van der Waals surface area (Å²) in [5.74, 6) is -14.5. The number of benzene rings is 1. The van der Waals surface area contributed by atoms with Gasteiger partial charge in [-0.25, -0.2) is 0 Å². The van der Waals surface area contributed by atoms with E-state index in [1.54, 1.807) is 0 Å². The summed E-state index contributed by atoms with van der Waals surface area (Å²) in [5, 5.41) is -6.92. The van der Waals surface area contributed by atoms with Crippen LogP contribution in [0.4, 0.5) is 39.5 Å². The van der Waals surface area contributed by atoms with Crippen molar-refractivity contribution < 1.29 is 61.0 Å². The fourth-order valence-electron chi connectivity index (χ4n) is 1.53. The van der Waals surface area contributed by atoms with E-state index in [-0.39, 0.29) is 23.9 Å². The largest absolute Gasteiger partial charge is 0.498 e. The van der Waals surface area contributed by atoms with Crippen molar-refractivity contribution in [3.05, 3.63) is 37.1 Å². The van der Waals surface area contributed by atoms with Gasteiger partial charge in [0, 0.05) is 16.9 Å². The predicted molar refractivity (Wildman–Crippen MR) is 84.8 cm³/mol. The van der Waals surface area contributed by atoms with Gasteiger partial charge in [-0.15, -0.1) is 0 Å². The summed E-state index contributed by atoms with van der Waals surface area (Å²) in [6.07, 6.45) is -6.01. The SMILES string of the molecule is C=COCCOc1ccc(SOS(=O)(=O)C(F)(F)C(F)(F)C(F)(F)C(F)(F)F)cc1. The van der Waals surface area contributed by atoms with E-state index in [0.717, 1.165) is 30.5 Å². The van der Waals surface area contributed by atoms with Gasteiger partial charge in [0.05, 0.1) is 6.26 Å². The molecule has 1 aromatic carbocycles. The van der Waals surface area contributed by atoms with Crippen LogP contribution in [0.2, 0.25) is 0 Å². The van der Waals surface area contributed by atoms with Gasteiger partial charge >= 0.3 is 33.4 Å². The highest BCUT2D eigenvalue weighted by Crippen LogP contribution is 2.55. The molecule has 16 heteroatoms. The van der Waals surface area contributed by atoms with Crippen LogP contribution in [-0.2, 0) is 18.5 Å². The van der Waals surface area contributed by atoms with E-state index < -0.39 is 45.4 Å². The van der Waals surface area contributed by atoms with E-state index in [9.17, 15) is 47.9 Å². The number of alkyl halides is 9.